The van der Waals surface area contributed by atoms with E-state index >= 15 is 0 Å². The lowest BCUT2D eigenvalue weighted by Gasteiger charge is -2.05. The largest absolute Gasteiger partial charge is 0.103 e. The third-order valence-corrected chi connectivity index (χ3v) is 4.86. The summed E-state index contributed by atoms with van der Waals surface area (Å²) in [5.41, 5.74) is 0. The molecule has 1 aromatic rings. The summed E-state index contributed by atoms with van der Waals surface area (Å²) in [5, 5.41) is 1.38. The summed E-state index contributed by atoms with van der Waals surface area (Å²) in [5.74, 6) is 0. The highest BCUT2D eigenvalue weighted by Crippen LogP contribution is 2.42. The Morgan fingerprint density at radius 1 is 1.36 bits per heavy atom. The van der Waals surface area contributed by atoms with Crippen LogP contribution >= 0.6 is 22.1 Å². The summed E-state index contributed by atoms with van der Waals surface area (Å²) in [6.07, 6.45) is 2.99. The average Bonchev–Trinajstić information content (AvgIpc) is 2.07. The molecular formula is C9H10BrP. The summed E-state index contributed by atoms with van der Waals surface area (Å²) < 4.78 is 0. The van der Waals surface area contributed by atoms with Crippen LogP contribution in [-0.2, 0) is 0 Å². The van der Waals surface area contributed by atoms with Crippen molar-refractivity contribution in [3.05, 3.63) is 43.0 Å². The fourth-order valence-electron chi connectivity index (χ4n) is 0.809. The maximum absolute atomic E-state index is 3.71. The molecule has 0 fully saturated rings. The Morgan fingerprint density at radius 2 is 2.00 bits per heavy atom. The molecule has 1 aromatic carbocycles. The van der Waals surface area contributed by atoms with E-state index in [-0.39, 0.29) is 6.62 Å². The average molecular weight is 229 g/mol. The standard InChI is InChI=1S/C9H10BrP/c1-2-8-11(10)9-6-4-3-5-7-9/h2-7H,1,8H2. The van der Waals surface area contributed by atoms with E-state index in [0.717, 1.165) is 6.16 Å². The van der Waals surface area contributed by atoms with Gasteiger partial charge in [-0.2, -0.15) is 0 Å². The predicted molar refractivity (Wildman–Crippen MR) is 57.0 cm³/mol. The summed E-state index contributed by atoms with van der Waals surface area (Å²) in [6, 6.07) is 10.4. The van der Waals surface area contributed by atoms with Gasteiger partial charge in [0.2, 0.25) is 0 Å². The van der Waals surface area contributed by atoms with E-state index in [1.807, 2.05) is 12.1 Å². The first-order chi connectivity index (χ1) is 5.34. The molecule has 0 aliphatic carbocycles. The molecule has 0 nitrogen and oxygen atoms in total. The highest BCUT2D eigenvalue weighted by atomic mass is 79.9. The van der Waals surface area contributed by atoms with Crippen molar-refractivity contribution in [2.45, 2.75) is 0 Å². The van der Waals surface area contributed by atoms with Crippen LogP contribution in [0.25, 0.3) is 0 Å². The lowest BCUT2D eigenvalue weighted by molar-refractivity contribution is 1.75. The lowest BCUT2D eigenvalue weighted by atomic mass is 10.4. The predicted octanol–water partition coefficient (Wildman–Crippen LogP) is 3.29. The molecule has 1 rings (SSSR count). The van der Waals surface area contributed by atoms with E-state index in [1.165, 1.54) is 5.30 Å². The summed E-state index contributed by atoms with van der Waals surface area (Å²) in [4.78, 5) is 0. The molecule has 1 unspecified atom stereocenters. The number of hydrogen-bond donors (Lipinski definition) is 0. The molecule has 1 atom stereocenters. The van der Waals surface area contributed by atoms with Crippen molar-refractivity contribution in [3.63, 3.8) is 0 Å². The minimum absolute atomic E-state index is 0.181. The van der Waals surface area contributed by atoms with Crippen LogP contribution in [0.1, 0.15) is 0 Å². The maximum atomic E-state index is 3.71. The molecule has 11 heavy (non-hydrogen) atoms. The smallest absolute Gasteiger partial charge is 0.000671 e. The zero-order valence-electron chi connectivity index (χ0n) is 6.20. The van der Waals surface area contributed by atoms with Gasteiger partial charge < -0.3 is 0 Å². The number of benzene rings is 1. The van der Waals surface area contributed by atoms with Crippen molar-refractivity contribution in [1.82, 2.24) is 0 Å². The van der Waals surface area contributed by atoms with E-state index in [4.69, 9.17) is 0 Å². The Balaban J connectivity index is 2.68. The van der Waals surface area contributed by atoms with Gasteiger partial charge in [0, 0.05) is 0 Å². The Kier molecular flexibility index (Phi) is 3.82. The molecule has 0 amide bonds. The normalized spacial score (nSPS) is 12.5. The van der Waals surface area contributed by atoms with Crippen LogP contribution in [0.15, 0.2) is 43.0 Å². The Morgan fingerprint density at radius 3 is 2.55 bits per heavy atom. The van der Waals surface area contributed by atoms with Crippen molar-refractivity contribution >= 4 is 27.4 Å². The highest BCUT2D eigenvalue weighted by molar-refractivity contribution is 9.40. The highest BCUT2D eigenvalue weighted by Gasteiger charge is 2.01. The minimum atomic E-state index is -0.181. The van der Waals surface area contributed by atoms with Crippen molar-refractivity contribution in [1.29, 1.82) is 0 Å². The van der Waals surface area contributed by atoms with Crippen LogP contribution in [0.3, 0.4) is 0 Å². The fourth-order valence-corrected chi connectivity index (χ4v) is 3.07. The topological polar surface area (TPSA) is 0 Å². The second-order valence-corrected chi connectivity index (χ2v) is 6.34. The van der Waals surface area contributed by atoms with Gasteiger partial charge in [-0.1, -0.05) is 51.9 Å². The van der Waals surface area contributed by atoms with Gasteiger partial charge in [-0.15, -0.1) is 6.58 Å². The van der Waals surface area contributed by atoms with Crippen LogP contribution in [-0.4, -0.2) is 6.16 Å². The van der Waals surface area contributed by atoms with Crippen molar-refractivity contribution in [3.8, 4) is 0 Å². The van der Waals surface area contributed by atoms with Gasteiger partial charge in [-0.05, 0) is 18.1 Å². The minimum Gasteiger partial charge on any atom is -0.103 e. The third kappa shape index (κ3) is 2.76. The molecule has 0 heterocycles. The molecule has 0 spiro atoms. The van der Waals surface area contributed by atoms with E-state index < -0.39 is 0 Å². The summed E-state index contributed by atoms with van der Waals surface area (Å²) >= 11 is 3.64. The molecule has 0 radical (unpaired) electrons. The van der Waals surface area contributed by atoms with E-state index in [9.17, 15) is 0 Å². The molecular weight excluding hydrogens is 219 g/mol. The molecule has 0 N–H and O–H groups in total. The van der Waals surface area contributed by atoms with Crippen molar-refractivity contribution in [2.75, 3.05) is 6.16 Å². The molecule has 0 aliphatic heterocycles. The Bertz CT molecular complexity index is 220. The van der Waals surface area contributed by atoms with Gasteiger partial charge in [-0.3, -0.25) is 0 Å². The van der Waals surface area contributed by atoms with Gasteiger partial charge in [0.25, 0.3) is 0 Å². The second-order valence-electron chi connectivity index (χ2n) is 2.17. The van der Waals surface area contributed by atoms with Crippen LogP contribution < -0.4 is 5.30 Å². The first-order valence-corrected chi connectivity index (χ1v) is 6.98. The maximum Gasteiger partial charge on any atom is -0.000671 e. The van der Waals surface area contributed by atoms with Gasteiger partial charge in [-0.25, -0.2) is 0 Å². The number of rotatable bonds is 3. The molecule has 2 heteroatoms. The molecule has 0 saturated heterocycles. The van der Waals surface area contributed by atoms with Crippen molar-refractivity contribution in [2.24, 2.45) is 0 Å². The molecule has 0 saturated carbocycles. The van der Waals surface area contributed by atoms with Crippen LogP contribution in [0, 0.1) is 0 Å². The second kappa shape index (κ2) is 4.69. The number of hydrogen-bond acceptors (Lipinski definition) is 0. The molecule has 0 bridgehead atoms. The number of allylic oxidation sites excluding steroid dienone is 1. The Hall–Kier alpha value is -0.130. The zero-order chi connectivity index (χ0) is 8.10. The number of halogens is 1. The first-order valence-electron chi connectivity index (χ1n) is 3.44. The van der Waals surface area contributed by atoms with Crippen molar-refractivity contribution < 1.29 is 0 Å². The lowest BCUT2D eigenvalue weighted by Crippen LogP contribution is -1.95. The van der Waals surface area contributed by atoms with Gasteiger partial charge >= 0.3 is 0 Å². The SMILES string of the molecule is C=CCP(Br)c1ccccc1. The summed E-state index contributed by atoms with van der Waals surface area (Å²) in [7, 11) is 0. The van der Waals surface area contributed by atoms with Gasteiger partial charge in [0.15, 0.2) is 0 Å². The third-order valence-electron chi connectivity index (χ3n) is 1.33. The van der Waals surface area contributed by atoms with Gasteiger partial charge in [0.1, 0.15) is 0 Å². The van der Waals surface area contributed by atoms with Gasteiger partial charge in [0.05, 0.1) is 0 Å². The Labute approximate surface area is 76.8 Å². The monoisotopic (exact) mass is 228 g/mol. The van der Waals surface area contributed by atoms with Crippen LogP contribution in [0.5, 0.6) is 0 Å². The van der Waals surface area contributed by atoms with E-state index in [1.54, 1.807) is 0 Å². The van der Waals surface area contributed by atoms with Crippen LogP contribution in [0.2, 0.25) is 0 Å². The van der Waals surface area contributed by atoms with E-state index in [0.29, 0.717) is 0 Å². The molecule has 58 valence electrons. The van der Waals surface area contributed by atoms with Crippen LogP contribution in [0.4, 0.5) is 0 Å². The first kappa shape index (κ1) is 8.96. The van der Waals surface area contributed by atoms with E-state index in [2.05, 4.69) is 46.3 Å². The molecule has 0 aromatic heterocycles. The quantitative estimate of drug-likeness (QED) is 0.551. The summed E-state index contributed by atoms with van der Waals surface area (Å²) in [6.45, 7) is 3.53. The zero-order valence-corrected chi connectivity index (χ0v) is 8.68. The fraction of sp³-hybridized carbons (Fsp3) is 0.111. The molecule has 0 aliphatic rings.